The number of nitrogens with zero attached hydrogens (tertiary/aromatic N) is 3. The molecule has 0 spiro atoms. The van der Waals surface area contributed by atoms with E-state index in [1.807, 2.05) is 17.2 Å². The summed E-state index contributed by atoms with van der Waals surface area (Å²) in [5.41, 5.74) is 2.09. The highest BCUT2D eigenvalue weighted by Crippen LogP contribution is 2.32. The molecule has 0 saturated carbocycles. The van der Waals surface area contributed by atoms with E-state index in [1.54, 1.807) is 11.3 Å². The molecule has 1 aliphatic heterocycles. The standard InChI is InChI=1S/C11H13N3O2S/c1-6-4-17-10-9(6)12-5-13-11(10)14-2-7(15)8(16)3-14/h4-5,7-8,15-16H,2-3H2,1H3. The molecule has 2 N–H and O–H groups in total. The summed E-state index contributed by atoms with van der Waals surface area (Å²) in [6, 6.07) is 0. The van der Waals surface area contributed by atoms with Gasteiger partial charge < -0.3 is 15.1 Å². The molecule has 0 aromatic carbocycles. The fourth-order valence-electron chi connectivity index (χ4n) is 2.12. The summed E-state index contributed by atoms with van der Waals surface area (Å²) in [5, 5.41) is 21.2. The van der Waals surface area contributed by atoms with Gasteiger partial charge in [0.15, 0.2) is 0 Å². The molecule has 3 heterocycles. The highest BCUT2D eigenvalue weighted by molar-refractivity contribution is 7.18. The Labute approximate surface area is 102 Å². The number of anilines is 1. The molecule has 2 aromatic heterocycles. The fourth-order valence-corrected chi connectivity index (χ4v) is 3.14. The summed E-state index contributed by atoms with van der Waals surface area (Å²) < 4.78 is 1.02. The minimum absolute atomic E-state index is 0.421. The van der Waals surface area contributed by atoms with Crippen molar-refractivity contribution in [3.8, 4) is 0 Å². The van der Waals surface area contributed by atoms with E-state index >= 15 is 0 Å². The molecule has 0 aliphatic carbocycles. The van der Waals surface area contributed by atoms with Crippen LogP contribution >= 0.6 is 11.3 Å². The van der Waals surface area contributed by atoms with Gasteiger partial charge in [-0.3, -0.25) is 0 Å². The van der Waals surface area contributed by atoms with Gasteiger partial charge in [0, 0.05) is 13.1 Å². The maximum absolute atomic E-state index is 9.58. The van der Waals surface area contributed by atoms with Crippen LogP contribution in [0.15, 0.2) is 11.7 Å². The zero-order valence-corrected chi connectivity index (χ0v) is 10.2. The predicted molar refractivity (Wildman–Crippen MR) is 66.4 cm³/mol. The average molecular weight is 251 g/mol. The largest absolute Gasteiger partial charge is 0.389 e. The third-order valence-corrected chi connectivity index (χ3v) is 4.15. The molecule has 1 fully saturated rings. The van der Waals surface area contributed by atoms with E-state index in [4.69, 9.17) is 0 Å². The molecule has 17 heavy (non-hydrogen) atoms. The van der Waals surface area contributed by atoms with Crippen molar-refractivity contribution in [2.75, 3.05) is 18.0 Å². The van der Waals surface area contributed by atoms with Crippen molar-refractivity contribution in [1.82, 2.24) is 9.97 Å². The third kappa shape index (κ3) is 1.69. The Morgan fingerprint density at radius 2 is 2.00 bits per heavy atom. The van der Waals surface area contributed by atoms with Crippen LogP contribution in [0.25, 0.3) is 10.2 Å². The molecule has 90 valence electrons. The first-order chi connectivity index (χ1) is 8.16. The second-order valence-corrected chi connectivity index (χ2v) is 5.21. The summed E-state index contributed by atoms with van der Waals surface area (Å²) >= 11 is 1.60. The van der Waals surface area contributed by atoms with Gasteiger partial charge in [0.2, 0.25) is 0 Å². The summed E-state index contributed by atoms with van der Waals surface area (Å²) in [6.45, 7) is 2.86. The van der Waals surface area contributed by atoms with E-state index in [1.165, 1.54) is 6.33 Å². The SMILES string of the molecule is Cc1csc2c(N3CC(O)C(O)C3)ncnc12. The molecule has 2 unspecified atom stereocenters. The van der Waals surface area contributed by atoms with Gasteiger partial charge in [0.25, 0.3) is 0 Å². The predicted octanol–water partition coefficient (Wildman–Crippen LogP) is 0.542. The molecule has 1 aliphatic rings. The molecule has 2 atom stereocenters. The molecule has 0 radical (unpaired) electrons. The van der Waals surface area contributed by atoms with Crippen molar-refractivity contribution < 1.29 is 10.2 Å². The Balaban J connectivity index is 2.06. The lowest BCUT2D eigenvalue weighted by atomic mass is 10.3. The molecule has 0 amide bonds. The highest BCUT2D eigenvalue weighted by Gasteiger charge is 2.31. The monoisotopic (exact) mass is 251 g/mol. The zero-order valence-electron chi connectivity index (χ0n) is 9.37. The second kappa shape index (κ2) is 3.90. The normalized spacial score (nSPS) is 24.8. The zero-order chi connectivity index (χ0) is 12.0. The molecule has 2 aromatic rings. The number of fused-ring (bicyclic) bond motifs is 1. The van der Waals surface area contributed by atoms with Crippen LogP contribution < -0.4 is 4.90 Å². The van der Waals surface area contributed by atoms with Crippen LogP contribution in [0.2, 0.25) is 0 Å². The van der Waals surface area contributed by atoms with Gasteiger partial charge in [0.05, 0.1) is 22.4 Å². The molecule has 0 bridgehead atoms. The smallest absolute Gasteiger partial charge is 0.150 e. The van der Waals surface area contributed by atoms with Crippen molar-refractivity contribution >= 4 is 27.4 Å². The van der Waals surface area contributed by atoms with Crippen molar-refractivity contribution in [2.45, 2.75) is 19.1 Å². The van der Waals surface area contributed by atoms with Gasteiger partial charge >= 0.3 is 0 Å². The van der Waals surface area contributed by atoms with Gasteiger partial charge in [-0.05, 0) is 17.9 Å². The van der Waals surface area contributed by atoms with E-state index in [2.05, 4.69) is 9.97 Å². The maximum Gasteiger partial charge on any atom is 0.150 e. The molecule has 5 nitrogen and oxygen atoms in total. The molecule has 3 rings (SSSR count). The lowest BCUT2D eigenvalue weighted by Crippen LogP contribution is -2.22. The van der Waals surface area contributed by atoms with Gasteiger partial charge in [-0.2, -0.15) is 0 Å². The quantitative estimate of drug-likeness (QED) is 0.774. The minimum atomic E-state index is -0.693. The number of aliphatic hydroxyl groups is 2. The Morgan fingerprint density at radius 1 is 1.29 bits per heavy atom. The van der Waals surface area contributed by atoms with Crippen LogP contribution in [0.3, 0.4) is 0 Å². The van der Waals surface area contributed by atoms with E-state index in [-0.39, 0.29) is 0 Å². The van der Waals surface area contributed by atoms with Gasteiger partial charge in [-0.15, -0.1) is 11.3 Å². The summed E-state index contributed by atoms with van der Waals surface area (Å²) in [6.07, 6.45) is 0.149. The number of hydrogen-bond acceptors (Lipinski definition) is 6. The average Bonchev–Trinajstić information content (AvgIpc) is 2.84. The Morgan fingerprint density at radius 3 is 2.71 bits per heavy atom. The Hall–Kier alpha value is -1.24. The van der Waals surface area contributed by atoms with E-state index < -0.39 is 12.2 Å². The molecular weight excluding hydrogens is 238 g/mol. The van der Waals surface area contributed by atoms with Crippen molar-refractivity contribution in [1.29, 1.82) is 0 Å². The Kier molecular flexibility index (Phi) is 2.50. The first-order valence-corrected chi connectivity index (χ1v) is 6.34. The number of aryl methyl sites for hydroxylation is 1. The van der Waals surface area contributed by atoms with Crippen LogP contribution in [0.5, 0.6) is 0 Å². The first kappa shape index (κ1) is 10.9. The number of aliphatic hydroxyl groups excluding tert-OH is 2. The van der Waals surface area contributed by atoms with Crippen molar-refractivity contribution in [3.63, 3.8) is 0 Å². The van der Waals surface area contributed by atoms with Gasteiger partial charge in [0.1, 0.15) is 12.1 Å². The van der Waals surface area contributed by atoms with Crippen molar-refractivity contribution in [3.05, 3.63) is 17.3 Å². The van der Waals surface area contributed by atoms with Crippen LogP contribution in [0.1, 0.15) is 5.56 Å². The topological polar surface area (TPSA) is 69.5 Å². The summed E-state index contributed by atoms with van der Waals surface area (Å²) in [4.78, 5) is 10.4. The molecular formula is C11H13N3O2S. The van der Waals surface area contributed by atoms with Crippen LogP contribution in [-0.2, 0) is 0 Å². The Bertz CT molecular complexity index is 547. The minimum Gasteiger partial charge on any atom is -0.389 e. The van der Waals surface area contributed by atoms with Gasteiger partial charge in [-0.1, -0.05) is 0 Å². The van der Waals surface area contributed by atoms with Gasteiger partial charge in [-0.25, -0.2) is 9.97 Å². The van der Waals surface area contributed by atoms with Crippen molar-refractivity contribution in [2.24, 2.45) is 0 Å². The lowest BCUT2D eigenvalue weighted by molar-refractivity contribution is 0.0572. The third-order valence-electron chi connectivity index (χ3n) is 3.07. The van der Waals surface area contributed by atoms with E-state index in [0.717, 1.165) is 21.6 Å². The number of hydrogen-bond donors (Lipinski definition) is 2. The maximum atomic E-state index is 9.58. The fraction of sp³-hybridized carbons (Fsp3) is 0.455. The second-order valence-electron chi connectivity index (χ2n) is 4.33. The van der Waals surface area contributed by atoms with E-state index in [0.29, 0.717) is 13.1 Å². The highest BCUT2D eigenvalue weighted by atomic mass is 32.1. The molecule has 6 heteroatoms. The van der Waals surface area contributed by atoms with Crippen LogP contribution in [-0.4, -0.2) is 45.5 Å². The number of β-amino-alcohol motifs (C(OH)–C–C–N with tert-alkyl or cyclic N) is 2. The number of rotatable bonds is 1. The summed E-state index contributed by atoms with van der Waals surface area (Å²) in [5.74, 6) is 0.809. The molecule has 1 saturated heterocycles. The summed E-state index contributed by atoms with van der Waals surface area (Å²) in [7, 11) is 0. The first-order valence-electron chi connectivity index (χ1n) is 5.46. The lowest BCUT2D eigenvalue weighted by Gasteiger charge is -2.16. The number of aromatic nitrogens is 2. The van der Waals surface area contributed by atoms with E-state index in [9.17, 15) is 10.2 Å². The number of thiophene rings is 1. The van der Waals surface area contributed by atoms with Crippen LogP contribution in [0, 0.1) is 6.92 Å². The van der Waals surface area contributed by atoms with Crippen LogP contribution in [0.4, 0.5) is 5.82 Å².